The zero-order valence-electron chi connectivity index (χ0n) is 16.9. The summed E-state index contributed by atoms with van der Waals surface area (Å²) >= 11 is 0. The fourth-order valence-corrected chi connectivity index (χ4v) is 3.36. The van der Waals surface area contributed by atoms with E-state index in [2.05, 4.69) is 10.0 Å². The summed E-state index contributed by atoms with van der Waals surface area (Å²) < 4.78 is 21.9. The highest BCUT2D eigenvalue weighted by molar-refractivity contribution is 5.75. The largest absolute Gasteiger partial charge is 0.394 e. The molecular formula is C17H29N3O11. The van der Waals surface area contributed by atoms with Gasteiger partial charge in [0.05, 0.1) is 19.3 Å². The molecule has 0 saturated carbocycles. The highest BCUT2D eigenvalue weighted by atomic mass is 16.8. The lowest BCUT2D eigenvalue weighted by atomic mass is 9.94. The highest BCUT2D eigenvalue weighted by Gasteiger charge is 2.50. The Morgan fingerprint density at radius 1 is 1.00 bits per heavy atom. The molecule has 0 bridgehead atoms. The van der Waals surface area contributed by atoms with Gasteiger partial charge in [0.1, 0.15) is 48.5 Å². The maximum absolute atomic E-state index is 11.2. The van der Waals surface area contributed by atoms with Crippen molar-refractivity contribution in [3.05, 3.63) is 10.4 Å². The van der Waals surface area contributed by atoms with Crippen LogP contribution in [0.5, 0.6) is 0 Å². The zero-order valence-corrected chi connectivity index (χ0v) is 16.9. The molecule has 10 atom stereocenters. The third-order valence-electron chi connectivity index (χ3n) is 5.10. The molecule has 0 aromatic heterocycles. The second kappa shape index (κ2) is 12.0. The highest BCUT2D eigenvalue weighted by Crippen LogP contribution is 2.30. The molecule has 2 fully saturated rings. The summed E-state index contributed by atoms with van der Waals surface area (Å²) in [6, 6.07) is 0. The Kier molecular flexibility index (Phi) is 9.99. The quantitative estimate of drug-likeness (QED) is 0.0868. The molecule has 14 nitrogen and oxygen atoms in total. The maximum Gasteiger partial charge on any atom is 0.187 e. The second-order valence-corrected chi connectivity index (χ2v) is 7.39. The van der Waals surface area contributed by atoms with Gasteiger partial charge in [-0.15, -0.1) is 0 Å². The van der Waals surface area contributed by atoms with Gasteiger partial charge in [-0.2, -0.15) is 0 Å². The van der Waals surface area contributed by atoms with Gasteiger partial charge in [-0.1, -0.05) is 5.11 Å². The molecule has 2 rings (SSSR count). The number of ketones is 1. The topological polar surface area (TPSA) is 224 Å². The van der Waals surface area contributed by atoms with E-state index in [4.69, 9.17) is 24.5 Å². The molecule has 0 radical (unpaired) electrons. The van der Waals surface area contributed by atoms with Crippen molar-refractivity contribution in [3.63, 3.8) is 0 Å². The average Bonchev–Trinajstić information content (AvgIpc) is 2.74. The van der Waals surface area contributed by atoms with Crippen LogP contribution in [0.3, 0.4) is 0 Å². The van der Waals surface area contributed by atoms with Gasteiger partial charge in [-0.25, -0.2) is 0 Å². The van der Waals surface area contributed by atoms with Crippen LogP contribution >= 0.6 is 0 Å². The number of carbonyl (C=O) groups excluding carboxylic acids is 1. The molecule has 0 aliphatic carbocycles. The first kappa shape index (κ1) is 25.8. The monoisotopic (exact) mass is 451 g/mol. The lowest BCUT2D eigenvalue weighted by molar-refractivity contribution is -0.365. The van der Waals surface area contributed by atoms with E-state index >= 15 is 0 Å². The van der Waals surface area contributed by atoms with E-state index in [9.17, 15) is 35.4 Å². The summed E-state index contributed by atoms with van der Waals surface area (Å²) in [5.74, 6) is -0.170. The molecule has 0 spiro atoms. The van der Waals surface area contributed by atoms with Crippen LogP contribution in [0.2, 0.25) is 0 Å². The zero-order chi connectivity index (χ0) is 23.1. The summed E-state index contributed by atoms with van der Waals surface area (Å²) in [4.78, 5) is 13.8. The predicted octanol–water partition coefficient (Wildman–Crippen LogP) is -2.69. The fraction of sp³-hybridized carbons (Fsp3) is 0.941. The third-order valence-corrected chi connectivity index (χ3v) is 5.10. The van der Waals surface area contributed by atoms with Crippen molar-refractivity contribution in [2.45, 2.75) is 81.2 Å². The van der Waals surface area contributed by atoms with Crippen molar-refractivity contribution in [3.8, 4) is 0 Å². The molecule has 4 unspecified atom stereocenters. The molecule has 0 aromatic carbocycles. The number of rotatable bonds is 10. The Balaban J connectivity index is 2.14. The van der Waals surface area contributed by atoms with Gasteiger partial charge < -0.3 is 54.4 Å². The fourth-order valence-electron chi connectivity index (χ4n) is 3.36. The molecule has 6 N–H and O–H groups in total. The van der Waals surface area contributed by atoms with Crippen LogP contribution in [0.15, 0.2) is 5.11 Å². The van der Waals surface area contributed by atoms with Gasteiger partial charge in [0.15, 0.2) is 12.6 Å². The van der Waals surface area contributed by atoms with Gasteiger partial charge in [-0.05, 0) is 18.9 Å². The van der Waals surface area contributed by atoms with Crippen LogP contribution in [0.1, 0.15) is 19.8 Å². The van der Waals surface area contributed by atoms with E-state index in [1.54, 1.807) is 0 Å². The molecular weight excluding hydrogens is 422 g/mol. The first-order chi connectivity index (χ1) is 14.7. The van der Waals surface area contributed by atoms with Crippen molar-refractivity contribution in [1.82, 2.24) is 0 Å². The summed E-state index contributed by atoms with van der Waals surface area (Å²) in [6.45, 7) is 0.488. The molecule has 2 aliphatic rings. The molecule has 2 aliphatic heterocycles. The number of aliphatic hydroxyl groups is 6. The number of nitrogens with zero attached hydrogens (tertiary/aromatic N) is 3. The Hall–Kier alpha value is -1.42. The van der Waals surface area contributed by atoms with Crippen molar-refractivity contribution < 1.29 is 54.4 Å². The van der Waals surface area contributed by atoms with Gasteiger partial charge in [0.2, 0.25) is 0 Å². The molecule has 2 saturated heterocycles. The number of aliphatic hydroxyl groups excluding tert-OH is 6. The van der Waals surface area contributed by atoms with E-state index < -0.39 is 68.0 Å². The normalized spacial score (nSPS) is 40.9. The van der Waals surface area contributed by atoms with Crippen molar-refractivity contribution >= 4 is 5.78 Å². The van der Waals surface area contributed by atoms with Crippen LogP contribution in [-0.4, -0.2) is 118 Å². The number of azide groups is 1. The number of ether oxygens (including phenoxy) is 4. The first-order valence-corrected chi connectivity index (χ1v) is 9.80. The Bertz CT molecular complexity index is 634. The summed E-state index contributed by atoms with van der Waals surface area (Å²) in [5, 5.41) is 63.8. The lowest BCUT2D eigenvalue weighted by Crippen LogP contribution is -2.64. The smallest absolute Gasteiger partial charge is 0.187 e. The minimum absolute atomic E-state index is 0.0468. The van der Waals surface area contributed by atoms with Crippen LogP contribution in [0.4, 0.5) is 0 Å². The minimum atomic E-state index is -1.73. The summed E-state index contributed by atoms with van der Waals surface area (Å²) in [5.41, 5.74) is 8.34. The predicted molar refractivity (Wildman–Crippen MR) is 99.2 cm³/mol. The standard InChI is InChI=1S/C17H29N3O11/c1-7(22)2-3-8-10(23)12(25)14(27)16(29-8)31-15-13(26)11(24)9(6-21)30-17(15)28-5-4-19-20-18/h8-17,21,23-27H,2-6H2,1H3/t8?,9?,10-,11-,12+,13+,14?,15?,16-,17+/m1/s1. The number of carbonyl (C=O) groups is 1. The molecule has 0 aromatic rings. The Morgan fingerprint density at radius 2 is 1.65 bits per heavy atom. The number of hydrogen-bond donors (Lipinski definition) is 6. The Labute approximate surface area is 177 Å². The summed E-state index contributed by atoms with van der Waals surface area (Å²) in [7, 11) is 0. The van der Waals surface area contributed by atoms with Crippen LogP contribution < -0.4 is 0 Å². The molecule has 178 valence electrons. The Morgan fingerprint density at radius 3 is 2.26 bits per heavy atom. The molecule has 31 heavy (non-hydrogen) atoms. The van der Waals surface area contributed by atoms with Crippen LogP contribution in [0, 0.1) is 0 Å². The van der Waals surface area contributed by atoms with E-state index in [1.807, 2.05) is 0 Å². The average molecular weight is 451 g/mol. The van der Waals surface area contributed by atoms with Crippen molar-refractivity contribution in [2.75, 3.05) is 19.8 Å². The van der Waals surface area contributed by atoms with E-state index in [-0.39, 0.29) is 31.8 Å². The molecule has 14 heteroatoms. The SMILES string of the molecule is CC(=O)CCC1O[C@H](OC2[C@@H](OCCN=[N+]=[N-])OC(CO)[C@@H](O)[C@@H]2O)C(O)[C@@H](O)[C@@H]1O. The third kappa shape index (κ3) is 6.54. The van der Waals surface area contributed by atoms with Gasteiger partial charge in [0.25, 0.3) is 0 Å². The van der Waals surface area contributed by atoms with E-state index in [0.29, 0.717) is 0 Å². The number of Topliss-reactive ketones (excluding diaryl/α,β-unsaturated/α-hetero) is 1. The van der Waals surface area contributed by atoms with Gasteiger partial charge >= 0.3 is 0 Å². The van der Waals surface area contributed by atoms with Gasteiger partial charge in [0, 0.05) is 17.9 Å². The number of hydrogen-bond acceptors (Lipinski definition) is 12. The lowest BCUT2D eigenvalue weighted by Gasteiger charge is -2.46. The first-order valence-electron chi connectivity index (χ1n) is 9.80. The van der Waals surface area contributed by atoms with E-state index in [1.165, 1.54) is 6.92 Å². The molecule has 2 heterocycles. The maximum atomic E-state index is 11.2. The van der Waals surface area contributed by atoms with Crippen molar-refractivity contribution in [1.29, 1.82) is 0 Å². The summed E-state index contributed by atoms with van der Waals surface area (Å²) in [6.07, 6.45) is -14.6. The minimum Gasteiger partial charge on any atom is -0.394 e. The molecule has 0 amide bonds. The van der Waals surface area contributed by atoms with Crippen LogP contribution in [0.25, 0.3) is 10.4 Å². The van der Waals surface area contributed by atoms with Crippen molar-refractivity contribution in [2.24, 2.45) is 5.11 Å². The van der Waals surface area contributed by atoms with Gasteiger partial charge in [-0.3, -0.25) is 0 Å². The van der Waals surface area contributed by atoms with E-state index in [0.717, 1.165) is 0 Å². The van der Waals surface area contributed by atoms with Crippen LogP contribution in [-0.2, 0) is 23.7 Å². The second-order valence-electron chi connectivity index (χ2n) is 7.39.